The van der Waals surface area contributed by atoms with E-state index in [9.17, 15) is 45.5 Å². The quantitative estimate of drug-likeness (QED) is 0.162. The zero-order valence-electron chi connectivity index (χ0n) is 14.1. The lowest BCUT2D eigenvalue weighted by atomic mass is 10.0. The van der Waals surface area contributed by atoms with E-state index < -0.39 is 71.2 Å². The molecule has 0 unspecified atom stereocenters. The highest BCUT2D eigenvalue weighted by Crippen LogP contribution is 2.52. The molecule has 0 radical (unpaired) electrons. The summed E-state index contributed by atoms with van der Waals surface area (Å²) in [6, 6.07) is -2.58. The van der Waals surface area contributed by atoms with Crippen LogP contribution in [-0.2, 0) is 28.7 Å². The maximum atomic E-state index is 13.4. The molecule has 0 aromatic rings. The Kier molecular flexibility index (Phi) is 6.25. The Morgan fingerprint density at radius 1 is 1.21 bits per heavy atom. The summed E-state index contributed by atoms with van der Waals surface area (Å²) < 4.78 is 88.4. The lowest BCUT2D eigenvalue weighted by Crippen LogP contribution is -2.69. The molecule has 1 aliphatic rings. The normalized spacial score (nSPS) is 18.9. The number of rotatable bonds is 5. The van der Waals surface area contributed by atoms with E-state index >= 15 is 0 Å². The van der Waals surface area contributed by atoms with E-state index in [2.05, 4.69) is 14.3 Å². The molecule has 0 saturated carbocycles. The Hall–Kier alpha value is -2.96. The van der Waals surface area contributed by atoms with E-state index in [0.29, 0.717) is 6.92 Å². The van der Waals surface area contributed by atoms with Gasteiger partial charge in [0.25, 0.3) is 0 Å². The van der Waals surface area contributed by atoms with Crippen LogP contribution in [0.15, 0.2) is 0 Å². The fraction of sp³-hybridized carbons (Fsp3) is 0.615. The average Bonchev–Trinajstić information content (AvgIpc) is 2.86. The summed E-state index contributed by atoms with van der Waals surface area (Å²) in [6.07, 6.45) is -14.7. The summed E-state index contributed by atoms with van der Waals surface area (Å²) in [5.41, 5.74) is 1.50. The van der Waals surface area contributed by atoms with Crippen LogP contribution in [0.2, 0.25) is 0 Å². The van der Waals surface area contributed by atoms with Gasteiger partial charge in [0.05, 0.1) is 7.11 Å². The summed E-state index contributed by atoms with van der Waals surface area (Å²) in [5.74, 6) is -7.10. The SMILES string of the molecule is COC(=O)CC[C@H]1C(=O)OC(C(F)(F)F)(C(F)(F)F)N1C(=O)C(=[N+]=[N-])C(C)=O. The highest BCUT2D eigenvalue weighted by molar-refractivity contribution is 6.63. The number of nitrogens with zero attached hydrogens (tertiary/aromatic N) is 3. The minimum atomic E-state index is -6.39. The standard InChI is InChI=1S/C13H11F6N3O6/c1-5(23)8(21-20)9(25)22-6(3-4-7(24)27-2)10(26)28-11(22,12(14,15)16)13(17,18)19/h6H,3-4H2,1-2H3/t6-/m0/s1. The van der Waals surface area contributed by atoms with E-state index in [1.165, 1.54) is 0 Å². The molecule has 1 rings (SSSR count). The second kappa shape index (κ2) is 7.58. The number of hydrogen-bond donors (Lipinski definition) is 0. The molecule has 0 aliphatic carbocycles. The summed E-state index contributed by atoms with van der Waals surface area (Å²) in [5, 5.41) is 0. The zero-order chi connectivity index (χ0) is 22.1. The van der Waals surface area contributed by atoms with Crippen LogP contribution < -0.4 is 0 Å². The number of halogens is 6. The number of ether oxygens (including phenoxy) is 2. The van der Waals surface area contributed by atoms with Crippen LogP contribution in [0.4, 0.5) is 26.3 Å². The molecule has 28 heavy (non-hydrogen) atoms. The van der Waals surface area contributed by atoms with E-state index in [1.54, 1.807) is 0 Å². The molecule has 1 heterocycles. The average molecular weight is 419 g/mol. The number of alkyl halides is 6. The Balaban J connectivity index is 3.69. The predicted molar refractivity (Wildman–Crippen MR) is 72.1 cm³/mol. The summed E-state index contributed by atoms with van der Waals surface area (Å²) >= 11 is 0. The monoisotopic (exact) mass is 419 g/mol. The number of methoxy groups -OCH3 is 1. The fourth-order valence-corrected chi connectivity index (χ4v) is 2.40. The summed E-state index contributed by atoms with van der Waals surface area (Å²) in [6.45, 7) is 0.526. The first kappa shape index (κ1) is 23.1. The second-order valence-corrected chi connectivity index (χ2v) is 5.37. The van der Waals surface area contributed by atoms with Crippen molar-refractivity contribution in [3.05, 3.63) is 5.53 Å². The minimum absolute atomic E-state index is 0.526. The first-order chi connectivity index (χ1) is 12.7. The Morgan fingerprint density at radius 3 is 2.07 bits per heavy atom. The van der Waals surface area contributed by atoms with Gasteiger partial charge in [-0.15, -0.1) is 0 Å². The van der Waals surface area contributed by atoms with E-state index in [4.69, 9.17) is 5.53 Å². The largest absolute Gasteiger partial charge is 0.469 e. The predicted octanol–water partition coefficient (Wildman–Crippen LogP) is 0.774. The lowest BCUT2D eigenvalue weighted by Gasteiger charge is -2.38. The van der Waals surface area contributed by atoms with Gasteiger partial charge in [-0.1, -0.05) is 0 Å². The maximum Gasteiger partial charge on any atom is 0.458 e. The van der Waals surface area contributed by atoms with Crippen LogP contribution in [0, 0.1) is 0 Å². The number of esters is 2. The zero-order valence-corrected chi connectivity index (χ0v) is 14.1. The van der Waals surface area contributed by atoms with Gasteiger partial charge >= 0.3 is 41.6 Å². The molecule has 1 aliphatic heterocycles. The van der Waals surface area contributed by atoms with Crippen LogP contribution in [0.1, 0.15) is 19.8 Å². The molecule has 15 heteroatoms. The van der Waals surface area contributed by atoms with E-state index in [-0.39, 0.29) is 0 Å². The molecule has 0 aromatic carbocycles. The number of carbonyl (C=O) groups is 4. The Bertz CT molecular complexity index is 741. The van der Waals surface area contributed by atoms with Crippen LogP contribution in [0.25, 0.3) is 5.53 Å². The van der Waals surface area contributed by atoms with Gasteiger partial charge in [0.1, 0.15) is 6.04 Å². The number of amides is 1. The van der Waals surface area contributed by atoms with Gasteiger partial charge in [-0.05, 0) is 6.42 Å². The van der Waals surface area contributed by atoms with Crippen molar-refractivity contribution in [3.63, 3.8) is 0 Å². The van der Waals surface area contributed by atoms with Crippen LogP contribution >= 0.6 is 0 Å². The first-order valence-electron chi connectivity index (χ1n) is 7.15. The molecule has 0 bridgehead atoms. The Morgan fingerprint density at radius 2 is 1.71 bits per heavy atom. The Labute approximate surface area is 151 Å². The molecule has 1 fully saturated rings. The highest BCUT2D eigenvalue weighted by Gasteiger charge is 2.83. The summed E-state index contributed by atoms with van der Waals surface area (Å²) in [4.78, 5) is 47.6. The van der Waals surface area contributed by atoms with Gasteiger partial charge in [0.15, 0.2) is 0 Å². The van der Waals surface area contributed by atoms with Crippen molar-refractivity contribution in [1.82, 2.24) is 4.90 Å². The van der Waals surface area contributed by atoms with Crippen molar-refractivity contribution >= 4 is 29.3 Å². The fourth-order valence-electron chi connectivity index (χ4n) is 2.40. The van der Waals surface area contributed by atoms with Gasteiger partial charge in [-0.3, -0.25) is 19.3 Å². The van der Waals surface area contributed by atoms with E-state index in [1.807, 2.05) is 0 Å². The van der Waals surface area contributed by atoms with Crippen LogP contribution in [0.5, 0.6) is 0 Å². The number of ketones is 1. The second-order valence-electron chi connectivity index (χ2n) is 5.37. The number of Topliss-reactive ketones (excluding diaryl/α,β-unsaturated/α-hetero) is 1. The summed E-state index contributed by atoms with van der Waals surface area (Å²) in [7, 11) is 0.861. The third-order valence-electron chi connectivity index (χ3n) is 3.64. The van der Waals surface area contributed by atoms with Crippen LogP contribution in [-0.4, -0.2) is 70.3 Å². The van der Waals surface area contributed by atoms with Gasteiger partial charge < -0.3 is 15.0 Å². The highest BCUT2D eigenvalue weighted by atomic mass is 19.4. The van der Waals surface area contributed by atoms with Crippen molar-refractivity contribution in [2.75, 3.05) is 7.11 Å². The molecule has 156 valence electrons. The molecule has 9 nitrogen and oxygen atoms in total. The minimum Gasteiger partial charge on any atom is -0.469 e. The molecule has 0 N–H and O–H groups in total. The van der Waals surface area contributed by atoms with Crippen molar-refractivity contribution in [2.45, 2.75) is 43.9 Å². The molecule has 0 aromatic heterocycles. The molecule has 1 saturated heterocycles. The lowest BCUT2D eigenvalue weighted by molar-refractivity contribution is -0.395. The topological polar surface area (TPSA) is 126 Å². The third-order valence-corrected chi connectivity index (χ3v) is 3.64. The van der Waals surface area contributed by atoms with Gasteiger partial charge in [-0.2, -0.15) is 31.1 Å². The number of carbonyl (C=O) groups excluding carboxylic acids is 4. The number of hydrogen-bond acceptors (Lipinski definition) is 6. The molecular formula is C13H11F6N3O6. The molecule has 1 atom stereocenters. The first-order valence-corrected chi connectivity index (χ1v) is 7.15. The smallest absolute Gasteiger partial charge is 0.458 e. The van der Waals surface area contributed by atoms with Gasteiger partial charge in [0, 0.05) is 13.3 Å². The van der Waals surface area contributed by atoms with Crippen molar-refractivity contribution in [1.29, 1.82) is 0 Å². The molecule has 1 amide bonds. The van der Waals surface area contributed by atoms with Crippen molar-refractivity contribution < 1.29 is 59.8 Å². The van der Waals surface area contributed by atoms with Gasteiger partial charge in [-0.25, -0.2) is 4.79 Å². The van der Waals surface area contributed by atoms with E-state index in [0.717, 1.165) is 7.11 Å². The molecular weight excluding hydrogens is 408 g/mol. The maximum absolute atomic E-state index is 13.4. The van der Waals surface area contributed by atoms with Crippen molar-refractivity contribution in [3.8, 4) is 0 Å². The van der Waals surface area contributed by atoms with Gasteiger partial charge in [0.2, 0.25) is 5.78 Å². The van der Waals surface area contributed by atoms with Crippen LogP contribution in [0.3, 0.4) is 0 Å². The third kappa shape index (κ3) is 3.69. The molecule has 0 spiro atoms. The van der Waals surface area contributed by atoms with Crippen molar-refractivity contribution in [2.24, 2.45) is 0 Å². The number of cyclic esters (lactones) is 1.